The molecule has 2 saturated heterocycles. The van der Waals surface area contributed by atoms with Crippen molar-refractivity contribution in [3.05, 3.63) is 0 Å². The summed E-state index contributed by atoms with van der Waals surface area (Å²) in [6.45, 7) is 9.91. The molecule has 1 N–H and O–H groups in total. The average molecular weight is 197 g/mol. The molecule has 2 rings (SSSR count). The molecule has 2 fully saturated rings. The van der Waals surface area contributed by atoms with Gasteiger partial charge in [0.2, 0.25) is 0 Å². The van der Waals surface area contributed by atoms with Gasteiger partial charge in [0.15, 0.2) is 0 Å². The number of likely N-dealkylation sites (N-methyl/N-ethyl adjacent to an activating group) is 1. The topological polar surface area (TPSA) is 18.5 Å². The highest BCUT2D eigenvalue weighted by Crippen LogP contribution is 2.13. The van der Waals surface area contributed by atoms with Crippen molar-refractivity contribution in [2.45, 2.75) is 19.4 Å². The number of nitrogens with one attached hydrogen (secondary N) is 1. The maximum Gasteiger partial charge on any atom is 0.0195 e. The van der Waals surface area contributed by atoms with E-state index in [4.69, 9.17) is 0 Å². The Bertz CT molecular complexity index is 179. The van der Waals surface area contributed by atoms with Crippen LogP contribution in [0.1, 0.15) is 13.3 Å². The highest BCUT2D eigenvalue weighted by molar-refractivity contribution is 4.80. The molecule has 0 aromatic heterocycles. The van der Waals surface area contributed by atoms with Gasteiger partial charge in [0.05, 0.1) is 0 Å². The molecule has 2 aliphatic rings. The Morgan fingerprint density at radius 1 is 1.29 bits per heavy atom. The van der Waals surface area contributed by atoms with Gasteiger partial charge < -0.3 is 10.2 Å². The summed E-state index contributed by atoms with van der Waals surface area (Å²) >= 11 is 0. The van der Waals surface area contributed by atoms with Crippen molar-refractivity contribution in [3.8, 4) is 0 Å². The Hall–Kier alpha value is -0.120. The van der Waals surface area contributed by atoms with E-state index in [9.17, 15) is 0 Å². The van der Waals surface area contributed by atoms with Crippen LogP contribution in [-0.4, -0.2) is 62.2 Å². The summed E-state index contributed by atoms with van der Waals surface area (Å²) in [4.78, 5) is 5.09. The van der Waals surface area contributed by atoms with Gasteiger partial charge in [-0.05, 0) is 45.9 Å². The SMILES string of the molecule is CC1CN(C)CCN1CCC1CNC1. The van der Waals surface area contributed by atoms with Crippen molar-refractivity contribution in [1.29, 1.82) is 0 Å². The minimum atomic E-state index is 0.752. The van der Waals surface area contributed by atoms with E-state index < -0.39 is 0 Å². The maximum absolute atomic E-state index is 3.34. The van der Waals surface area contributed by atoms with Gasteiger partial charge in [0, 0.05) is 25.7 Å². The number of hydrogen-bond acceptors (Lipinski definition) is 3. The third-order valence-corrected chi connectivity index (χ3v) is 3.66. The van der Waals surface area contributed by atoms with Crippen LogP contribution >= 0.6 is 0 Å². The zero-order chi connectivity index (χ0) is 9.97. The fourth-order valence-corrected chi connectivity index (χ4v) is 2.41. The summed E-state index contributed by atoms with van der Waals surface area (Å²) in [6, 6.07) is 0.752. The summed E-state index contributed by atoms with van der Waals surface area (Å²) in [5.74, 6) is 0.960. The van der Waals surface area contributed by atoms with Crippen LogP contribution < -0.4 is 5.32 Å². The van der Waals surface area contributed by atoms with E-state index in [1.54, 1.807) is 0 Å². The van der Waals surface area contributed by atoms with Gasteiger partial charge in [-0.1, -0.05) is 0 Å². The molecule has 82 valence electrons. The van der Waals surface area contributed by atoms with Crippen LogP contribution in [0.4, 0.5) is 0 Å². The van der Waals surface area contributed by atoms with Crippen LogP contribution in [0.3, 0.4) is 0 Å². The molecule has 2 heterocycles. The standard InChI is InChI=1S/C11H23N3/c1-10-9-13(2)5-6-14(10)4-3-11-7-12-8-11/h10-12H,3-9H2,1-2H3. The largest absolute Gasteiger partial charge is 0.316 e. The Morgan fingerprint density at radius 3 is 2.64 bits per heavy atom. The number of hydrogen-bond donors (Lipinski definition) is 1. The fraction of sp³-hybridized carbons (Fsp3) is 1.00. The molecule has 3 heteroatoms. The Labute approximate surface area is 87.4 Å². The summed E-state index contributed by atoms with van der Waals surface area (Å²) in [7, 11) is 2.23. The molecule has 0 aliphatic carbocycles. The predicted molar refractivity (Wildman–Crippen MR) is 59.5 cm³/mol. The minimum Gasteiger partial charge on any atom is -0.316 e. The average Bonchev–Trinajstić information content (AvgIpc) is 2.05. The molecule has 0 amide bonds. The first-order valence-corrected chi connectivity index (χ1v) is 5.89. The molecular weight excluding hydrogens is 174 g/mol. The third-order valence-electron chi connectivity index (χ3n) is 3.66. The normalized spacial score (nSPS) is 31.7. The second-order valence-corrected chi connectivity index (χ2v) is 4.96. The van der Waals surface area contributed by atoms with E-state index in [2.05, 4.69) is 29.1 Å². The lowest BCUT2D eigenvalue weighted by molar-refractivity contribution is 0.0909. The molecular formula is C11H23N3. The quantitative estimate of drug-likeness (QED) is 0.699. The molecule has 0 radical (unpaired) electrons. The lowest BCUT2D eigenvalue weighted by atomic mass is 9.98. The third kappa shape index (κ3) is 2.47. The summed E-state index contributed by atoms with van der Waals surface area (Å²) < 4.78 is 0. The monoisotopic (exact) mass is 197 g/mol. The van der Waals surface area contributed by atoms with Crippen molar-refractivity contribution >= 4 is 0 Å². The van der Waals surface area contributed by atoms with E-state index in [1.165, 1.54) is 45.7 Å². The molecule has 1 unspecified atom stereocenters. The van der Waals surface area contributed by atoms with Gasteiger partial charge in [-0.15, -0.1) is 0 Å². The van der Waals surface area contributed by atoms with Gasteiger partial charge in [-0.2, -0.15) is 0 Å². The molecule has 0 bridgehead atoms. The summed E-state index contributed by atoms with van der Waals surface area (Å²) in [6.07, 6.45) is 1.39. The van der Waals surface area contributed by atoms with Gasteiger partial charge in [0.25, 0.3) is 0 Å². The highest BCUT2D eigenvalue weighted by atomic mass is 15.3. The first-order valence-electron chi connectivity index (χ1n) is 5.89. The number of rotatable bonds is 3. The predicted octanol–water partition coefficient (Wildman–Crippen LogP) is 0.232. The molecule has 2 aliphatic heterocycles. The van der Waals surface area contributed by atoms with Gasteiger partial charge >= 0.3 is 0 Å². The van der Waals surface area contributed by atoms with Crippen LogP contribution in [0, 0.1) is 5.92 Å². The smallest absolute Gasteiger partial charge is 0.0195 e. The molecule has 0 saturated carbocycles. The van der Waals surface area contributed by atoms with Gasteiger partial charge in [-0.3, -0.25) is 4.90 Å². The molecule has 1 atom stereocenters. The van der Waals surface area contributed by atoms with Crippen molar-refractivity contribution in [2.75, 3.05) is 46.3 Å². The van der Waals surface area contributed by atoms with E-state index >= 15 is 0 Å². The van der Waals surface area contributed by atoms with Crippen LogP contribution in [-0.2, 0) is 0 Å². The first kappa shape index (κ1) is 10.4. The van der Waals surface area contributed by atoms with Gasteiger partial charge in [-0.25, -0.2) is 0 Å². The molecule has 0 aromatic carbocycles. The van der Waals surface area contributed by atoms with Crippen molar-refractivity contribution in [2.24, 2.45) is 5.92 Å². The summed E-state index contributed by atoms with van der Waals surface area (Å²) in [5, 5.41) is 3.34. The zero-order valence-corrected chi connectivity index (χ0v) is 9.50. The Balaban J connectivity index is 1.68. The fourth-order valence-electron chi connectivity index (χ4n) is 2.41. The first-order chi connectivity index (χ1) is 6.75. The molecule has 3 nitrogen and oxygen atoms in total. The van der Waals surface area contributed by atoms with Crippen molar-refractivity contribution in [3.63, 3.8) is 0 Å². The molecule has 0 spiro atoms. The maximum atomic E-state index is 3.34. The van der Waals surface area contributed by atoms with Crippen LogP contribution in [0.25, 0.3) is 0 Å². The molecule has 14 heavy (non-hydrogen) atoms. The lowest BCUT2D eigenvalue weighted by Gasteiger charge is -2.39. The van der Waals surface area contributed by atoms with E-state index in [-0.39, 0.29) is 0 Å². The van der Waals surface area contributed by atoms with Crippen molar-refractivity contribution in [1.82, 2.24) is 15.1 Å². The van der Waals surface area contributed by atoms with E-state index in [0.717, 1.165) is 12.0 Å². The highest BCUT2D eigenvalue weighted by Gasteiger charge is 2.23. The zero-order valence-electron chi connectivity index (χ0n) is 9.50. The Kier molecular flexibility index (Phi) is 3.42. The lowest BCUT2D eigenvalue weighted by Crippen LogP contribution is -2.52. The van der Waals surface area contributed by atoms with Crippen molar-refractivity contribution < 1.29 is 0 Å². The van der Waals surface area contributed by atoms with E-state index in [0.29, 0.717) is 0 Å². The minimum absolute atomic E-state index is 0.752. The van der Waals surface area contributed by atoms with Gasteiger partial charge in [0.1, 0.15) is 0 Å². The number of nitrogens with zero attached hydrogens (tertiary/aromatic N) is 2. The van der Waals surface area contributed by atoms with Crippen LogP contribution in [0.2, 0.25) is 0 Å². The second-order valence-electron chi connectivity index (χ2n) is 4.96. The second kappa shape index (κ2) is 4.60. The Morgan fingerprint density at radius 2 is 2.07 bits per heavy atom. The van der Waals surface area contributed by atoms with E-state index in [1.807, 2.05) is 0 Å². The summed E-state index contributed by atoms with van der Waals surface area (Å²) in [5.41, 5.74) is 0. The van der Waals surface area contributed by atoms with Crippen LogP contribution in [0.15, 0.2) is 0 Å². The van der Waals surface area contributed by atoms with Crippen LogP contribution in [0.5, 0.6) is 0 Å². The molecule has 0 aromatic rings. The number of piperazine rings is 1.